The number of hydrogen-bond acceptors (Lipinski definition) is 7. The molecule has 202 valence electrons. The average molecular weight is 601 g/mol. The van der Waals surface area contributed by atoms with E-state index in [-0.39, 0.29) is 32.0 Å². The third-order valence-electron chi connectivity index (χ3n) is 5.54. The molecule has 8 nitrogen and oxygen atoms in total. The van der Waals surface area contributed by atoms with Crippen LogP contribution >= 0.6 is 34.3 Å². The molecule has 0 bridgehead atoms. The van der Waals surface area contributed by atoms with Crippen molar-refractivity contribution in [1.82, 2.24) is 19.6 Å². The molecule has 0 saturated carbocycles. The fourth-order valence-electron chi connectivity index (χ4n) is 3.93. The van der Waals surface area contributed by atoms with Gasteiger partial charge in [0.25, 0.3) is 18.2 Å². The summed E-state index contributed by atoms with van der Waals surface area (Å²) in [5, 5.41) is 5.88. The van der Waals surface area contributed by atoms with Crippen molar-refractivity contribution in [2.45, 2.75) is 26.4 Å². The Morgan fingerprint density at radius 1 is 1.13 bits per heavy atom. The predicted molar refractivity (Wildman–Crippen MR) is 137 cm³/mol. The van der Waals surface area contributed by atoms with Crippen LogP contribution in [-0.4, -0.2) is 31.4 Å². The van der Waals surface area contributed by atoms with Crippen molar-refractivity contribution in [3.05, 3.63) is 61.8 Å². The molecule has 5 aromatic rings. The van der Waals surface area contributed by atoms with Crippen LogP contribution in [0.4, 0.5) is 27.6 Å². The highest BCUT2D eigenvalue weighted by atomic mass is 35.5. The maximum Gasteiger partial charge on any atom is 0.433 e. The maximum absolute atomic E-state index is 13.7. The first-order valence-corrected chi connectivity index (χ1v) is 12.8. The number of carbonyl (C=O) groups is 2. The second-order valence-electron chi connectivity index (χ2n) is 8.29. The molecule has 0 saturated heterocycles. The lowest BCUT2D eigenvalue weighted by Gasteiger charge is -2.09. The zero-order valence-electron chi connectivity index (χ0n) is 19.7. The second-order valence-corrected chi connectivity index (χ2v) is 11.0. The van der Waals surface area contributed by atoms with Gasteiger partial charge in [-0.15, -0.1) is 22.7 Å². The van der Waals surface area contributed by atoms with Crippen LogP contribution in [0.5, 0.6) is 0 Å². The number of halogens is 6. The first kappa shape index (κ1) is 26.9. The summed E-state index contributed by atoms with van der Waals surface area (Å²) in [6, 6.07) is 5.34. The summed E-state index contributed by atoms with van der Waals surface area (Å²) in [6.45, 7) is 3.13. The maximum atomic E-state index is 13.7. The van der Waals surface area contributed by atoms with Gasteiger partial charge in [-0.3, -0.25) is 9.59 Å². The summed E-state index contributed by atoms with van der Waals surface area (Å²) in [5.41, 5.74) is 2.84. The van der Waals surface area contributed by atoms with Gasteiger partial charge in [0.1, 0.15) is 26.1 Å². The van der Waals surface area contributed by atoms with E-state index in [0.29, 0.717) is 20.7 Å². The number of aryl methyl sites for hydroxylation is 2. The van der Waals surface area contributed by atoms with E-state index in [2.05, 4.69) is 20.4 Å². The first-order valence-electron chi connectivity index (χ1n) is 10.8. The number of aromatic nitrogens is 4. The average Bonchev–Trinajstić information content (AvgIpc) is 3.53. The van der Waals surface area contributed by atoms with Crippen LogP contribution in [-0.2, 0) is 6.18 Å². The molecular weight excluding hydrogens is 587 g/mol. The molecule has 0 aliphatic carbocycles. The summed E-state index contributed by atoms with van der Waals surface area (Å²) < 4.78 is 68.6. The van der Waals surface area contributed by atoms with Crippen molar-refractivity contribution in [3.63, 3.8) is 0 Å². The fourth-order valence-corrected chi connectivity index (χ4v) is 6.08. The van der Waals surface area contributed by atoms with Gasteiger partial charge in [0.05, 0.1) is 5.69 Å². The number of carbonyl (C=O) groups excluding carboxylic acids is 2. The first-order chi connectivity index (χ1) is 18.3. The molecule has 5 aromatic heterocycles. The molecule has 39 heavy (non-hydrogen) atoms. The van der Waals surface area contributed by atoms with Gasteiger partial charge in [-0.2, -0.15) is 18.3 Å². The number of primary amides is 1. The van der Waals surface area contributed by atoms with E-state index in [1.807, 2.05) is 6.92 Å². The lowest BCUT2D eigenvalue weighted by atomic mass is 10.1. The minimum atomic E-state index is -4.83. The number of hydrogen-bond donors (Lipinski definition) is 2. The Hall–Kier alpha value is -3.69. The lowest BCUT2D eigenvalue weighted by molar-refractivity contribution is -0.142. The number of nitrogens with zero attached hydrogens (tertiary/aromatic N) is 4. The van der Waals surface area contributed by atoms with Crippen molar-refractivity contribution in [3.8, 4) is 10.4 Å². The summed E-state index contributed by atoms with van der Waals surface area (Å²) in [5.74, 6) is -2.07. The largest absolute Gasteiger partial charge is 0.433 e. The molecular formula is C23H14ClF5N6O2S2. The minimum Gasteiger partial charge on any atom is -0.365 e. The van der Waals surface area contributed by atoms with Crippen LogP contribution in [0.3, 0.4) is 0 Å². The number of alkyl halides is 5. The smallest absolute Gasteiger partial charge is 0.365 e. The molecule has 0 unspecified atom stereocenters. The highest BCUT2D eigenvalue weighted by Crippen LogP contribution is 2.44. The molecule has 0 aromatic carbocycles. The summed E-state index contributed by atoms with van der Waals surface area (Å²) in [4.78, 5) is 34.7. The van der Waals surface area contributed by atoms with Gasteiger partial charge in [-0.05, 0) is 38.1 Å². The van der Waals surface area contributed by atoms with Crippen LogP contribution < -0.4 is 11.1 Å². The number of pyridine rings is 1. The number of fused-ring (bicyclic) bond motifs is 2. The number of nitrogens with two attached hydrogens (primary N) is 1. The molecule has 5 heterocycles. The summed E-state index contributed by atoms with van der Waals surface area (Å²) >= 11 is 8.20. The molecule has 0 spiro atoms. The van der Waals surface area contributed by atoms with E-state index in [9.17, 15) is 31.5 Å². The summed E-state index contributed by atoms with van der Waals surface area (Å²) in [6.07, 6.45) is -7.76. The van der Waals surface area contributed by atoms with Gasteiger partial charge < -0.3 is 11.1 Å². The molecule has 0 atom stereocenters. The van der Waals surface area contributed by atoms with Crippen LogP contribution in [0, 0.1) is 13.8 Å². The standard InChI is InChI=1S/C23H14ClF5N6O2S2/c1-7-5-12(23(27,28)29)35-20(31-7)14(24)16(34-35)21(37)33-15-13-9(11-4-3-8(2)38-11)6-10(18(25)26)32-22(13)39-17(15)19(30)36/h3-6,18H,1-2H3,(H2,30,36)(H,33,37). The highest BCUT2D eigenvalue weighted by Gasteiger charge is 2.36. The van der Waals surface area contributed by atoms with Crippen LogP contribution in [0.15, 0.2) is 24.3 Å². The monoisotopic (exact) mass is 600 g/mol. The molecule has 16 heteroatoms. The molecule has 3 N–H and O–H groups in total. The predicted octanol–water partition coefficient (Wildman–Crippen LogP) is 6.65. The molecule has 0 radical (unpaired) electrons. The highest BCUT2D eigenvalue weighted by molar-refractivity contribution is 7.21. The van der Waals surface area contributed by atoms with Crippen molar-refractivity contribution < 1.29 is 31.5 Å². The molecule has 0 fully saturated rings. The van der Waals surface area contributed by atoms with Crippen molar-refractivity contribution >= 4 is 67.6 Å². The zero-order valence-corrected chi connectivity index (χ0v) is 22.0. The van der Waals surface area contributed by atoms with E-state index in [0.717, 1.165) is 17.0 Å². The summed E-state index contributed by atoms with van der Waals surface area (Å²) in [7, 11) is 0. The van der Waals surface area contributed by atoms with Gasteiger partial charge in [0.15, 0.2) is 11.3 Å². The van der Waals surface area contributed by atoms with Crippen molar-refractivity contribution in [2.24, 2.45) is 5.73 Å². The molecule has 5 rings (SSSR count). The van der Waals surface area contributed by atoms with E-state index in [1.165, 1.54) is 18.3 Å². The zero-order chi connectivity index (χ0) is 28.4. The Labute approximate surface area is 228 Å². The normalized spacial score (nSPS) is 12.1. The third kappa shape index (κ3) is 4.70. The molecule has 0 aliphatic heterocycles. The Morgan fingerprint density at radius 2 is 1.85 bits per heavy atom. The third-order valence-corrected chi connectivity index (χ3v) is 8.02. The topological polar surface area (TPSA) is 115 Å². The van der Waals surface area contributed by atoms with Gasteiger partial charge in [0, 0.05) is 26.4 Å². The van der Waals surface area contributed by atoms with Crippen molar-refractivity contribution in [2.75, 3.05) is 5.32 Å². The van der Waals surface area contributed by atoms with Crippen LogP contribution in [0.25, 0.3) is 26.3 Å². The Balaban J connectivity index is 1.71. The Bertz CT molecular complexity index is 1810. The number of amides is 2. The number of thiophene rings is 2. The number of rotatable bonds is 5. The fraction of sp³-hybridized carbons (Fsp3) is 0.174. The van der Waals surface area contributed by atoms with Gasteiger partial charge in [-0.1, -0.05) is 11.6 Å². The van der Waals surface area contributed by atoms with Crippen LogP contribution in [0.2, 0.25) is 5.02 Å². The van der Waals surface area contributed by atoms with Gasteiger partial charge >= 0.3 is 6.18 Å². The Morgan fingerprint density at radius 3 is 2.44 bits per heavy atom. The Kier molecular flexibility index (Phi) is 6.55. The minimum absolute atomic E-state index is 0.00398. The molecule has 2 amide bonds. The number of nitrogens with one attached hydrogen (secondary N) is 1. The van der Waals surface area contributed by atoms with Gasteiger partial charge in [-0.25, -0.2) is 23.3 Å². The lowest BCUT2D eigenvalue weighted by Crippen LogP contribution is -2.18. The quantitative estimate of drug-likeness (QED) is 0.219. The van der Waals surface area contributed by atoms with Crippen LogP contribution in [0.1, 0.15) is 48.5 Å². The van der Waals surface area contributed by atoms with E-state index in [1.54, 1.807) is 12.1 Å². The van der Waals surface area contributed by atoms with E-state index in [4.69, 9.17) is 17.3 Å². The SMILES string of the molecule is Cc1cc(C(F)(F)F)n2nc(C(=O)Nc3c(C(N)=O)sc4nc(C(F)F)cc(-c5ccc(C)s5)c34)c(Cl)c2n1. The van der Waals surface area contributed by atoms with Crippen molar-refractivity contribution in [1.29, 1.82) is 0 Å². The van der Waals surface area contributed by atoms with Gasteiger partial charge in [0.2, 0.25) is 0 Å². The number of anilines is 1. The van der Waals surface area contributed by atoms with E-state index >= 15 is 0 Å². The van der Waals surface area contributed by atoms with E-state index < -0.39 is 52.2 Å². The second kappa shape index (κ2) is 9.50. The molecule has 0 aliphatic rings.